The van der Waals surface area contributed by atoms with Crippen LogP contribution in [0.2, 0.25) is 0 Å². The molecule has 0 aliphatic carbocycles. The number of benzene rings is 1. The first kappa shape index (κ1) is 21.2. The highest BCUT2D eigenvalue weighted by molar-refractivity contribution is 5.84. The predicted octanol–water partition coefficient (Wildman–Crippen LogP) is 1.49. The van der Waals surface area contributed by atoms with Crippen molar-refractivity contribution in [3.63, 3.8) is 0 Å². The van der Waals surface area contributed by atoms with Crippen LogP contribution in [0, 0.1) is 5.92 Å². The number of carbonyl (C=O) groups excluding carboxylic acids is 2. The van der Waals surface area contributed by atoms with Crippen LogP contribution in [0.4, 0.5) is 0 Å². The Bertz CT molecular complexity index is 540. The van der Waals surface area contributed by atoms with Crippen LogP contribution in [-0.2, 0) is 16.0 Å². The molecule has 0 unspecified atom stereocenters. The number of quaternary nitrogens is 1. The molecule has 0 bridgehead atoms. The van der Waals surface area contributed by atoms with Gasteiger partial charge < -0.3 is 15.5 Å². The van der Waals surface area contributed by atoms with Crippen LogP contribution >= 0.6 is 0 Å². The molecule has 0 aliphatic heterocycles. The van der Waals surface area contributed by atoms with Gasteiger partial charge in [0.1, 0.15) is 6.04 Å². The average Bonchev–Trinajstić information content (AvgIpc) is 2.60. The van der Waals surface area contributed by atoms with Gasteiger partial charge in [-0.2, -0.15) is 0 Å². The average molecular weight is 349 g/mol. The van der Waals surface area contributed by atoms with E-state index in [1.165, 1.54) is 28.9 Å². The number of carbonyl (C=O) groups is 2. The first-order chi connectivity index (χ1) is 11.9. The van der Waals surface area contributed by atoms with Crippen molar-refractivity contribution in [1.29, 1.82) is 0 Å². The Morgan fingerprint density at radius 1 is 1.20 bits per heavy atom. The molecule has 0 saturated heterocycles. The second-order valence-corrected chi connectivity index (χ2v) is 6.98. The Labute approximate surface area is 152 Å². The van der Waals surface area contributed by atoms with E-state index in [1.54, 1.807) is 14.1 Å². The second kappa shape index (κ2) is 10.9. The van der Waals surface area contributed by atoms with Crippen LogP contribution in [-0.4, -0.2) is 43.9 Å². The molecule has 1 rings (SSSR count). The van der Waals surface area contributed by atoms with Gasteiger partial charge in [-0.05, 0) is 18.4 Å². The topological polar surface area (TPSA) is 66.0 Å². The van der Waals surface area contributed by atoms with Crippen molar-refractivity contribution in [3.8, 4) is 0 Å². The van der Waals surface area contributed by atoms with Crippen molar-refractivity contribution in [2.75, 3.05) is 27.2 Å². The number of nitrogens with zero attached hydrogens (tertiary/aromatic N) is 1. The van der Waals surface area contributed by atoms with Crippen molar-refractivity contribution >= 4 is 11.8 Å². The van der Waals surface area contributed by atoms with E-state index in [4.69, 9.17) is 0 Å². The minimum atomic E-state index is -0.154. The summed E-state index contributed by atoms with van der Waals surface area (Å²) in [5, 5.41) is 4.61. The van der Waals surface area contributed by atoms with Crippen LogP contribution in [0.5, 0.6) is 0 Å². The van der Waals surface area contributed by atoms with Crippen molar-refractivity contribution in [2.45, 2.75) is 46.1 Å². The van der Waals surface area contributed by atoms with Crippen LogP contribution in [0.25, 0.3) is 0 Å². The van der Waals surface area contributed by atoms with Gasteiger partial charge in [0.05, 0.1) is 6.54 Å². The third kappa shape index (κ3) is 7.26. The van der Waals surface area contributed by atoms with Crippen LogP contribution in [0.1, 0.15) is 50.8 Å². The molecule has 0 radical (unpaired) electrons. The van der Waals surface area contributed by atoms with E-state index in [1.807, 2.05) is 0 Å². The van der Waals surface area contributed by atoms with E-state index in [0.29, 0.717) is 12.5 Å². The number of hydrogen-bond acceptors (Lipinski definition) is 2. The molecule has 0 saturated carbocycles. The van der Waals surface area contributed by atoms with Crippen molar-refractivity contribution in [2.24, 2.45) is 5.92 Å². The summed E-state index contributed by atoms with van der Waals surface area (Å²) in [5.41, 5.74) is 2.62. The maximum Gasteiger partial charge on any atom is 0.277 e. The Kier molecular flexibility index (Phi) is 9.21. The number of nitrogens with two attached hydrogens (primary N) is 1. The lowest BCUT2D eigenvalue weighted by Gasteiger charge is -2.22. The number of aryl methyl sites for hydroxylation is 1. The predicted molar refractivity (Wildman–Crippen MR) is 101 cm³/mol. The number of likely N-dealkylation sites (N-methyl/N-ethyl adjacent to an activating group) is 2. The molecule has 0 aliphatic rings. The molecule has 2 amide bonds. The summed E-state index contributed by atoms with van der Waals surface area (Å²) in [6.45, 7) is 6.99. The molecule has 0 aromatic heterocycles. The van der Waals surface area contributed by atoms with Gasteiger partial charge in [0.2, 0.25) is 5.91 Å². The van der Waals surface area contributed by atoms with Gasteiger partial charge in [0.25, 0.3) is 5.91 Å². The normalized spacial score (nSPS) is 12.1. The fourth-order valence-corrected chi connectivity index (χ4v) is 2.85. The van der Waals surface area contributed by atoms with E-state index in [-0.39, 0.29) is 24.4 Å². The number of nitrogens with one attached hydrogen (secondary N) is 1. The van der Waals surface area contributed by atoms with Gasteiger partial charge in [-0.3, -0.25) is 9.59 Å². The summed E-state index contributed by atoms with van der Waals surface area (Å²) in [6, 6.07) is 9.01. The molecule has 1 aromatic rings. The van der Waals surface area contributed by atoms with Gasteiger partial charge in [-0.15, -0.1) is 0 Å². The molecule has 0 spiro atoms. The standard InChI is InChI=1S/C20H33N3O2/c1-6-7-8-16-9-11-17(12-10-16)20(15(2)3)22-13-19(25)23(5)14-18(24)21-4/h9-12,15,20,22H,6-8,13-14H2,1-5H3,(H,21,24)/p+1/t20-/m0/s1. The highest BCUT2D eigenvalue weighted by Gasteiger charge is 2.22. The molecular weight excluding hydrogens is 314 g/mol. The molecule has 0 fully saturated rings. The summed E-state index contributed by atoms with van der Waals surface area (Å²) in [6.07, 6.45) is 3.54. The Morgan fingerprint density at radius 3 is 2.36 bits per heavy atom. The highest BCUT2D eigenvalue weighted by atomic mass is 16.2. The lowest BCUT2D eigenvalue weighted by atomic mass is 9.94. The van der Waals surface area contributed by atoms with E-state index >= 15 is 0 Å². The van der Waals surface area contributed by atoms with E-state index in [2.05, 4.69) is 55.7 Å². The lowest BCUT2D eigenvalue weighted by molar-refractivity contribution is -0.692. The first-order valence-electron chi connectivity index (χ1n) is 9.25. The zero-order valence-corrected chi connectivity index (χ0v) is 16.3. The minimum Gasteiger partial charge on any atom is -0.358 e. The molecule has 3 N–H and O–H groups in total. The van der Waals surface area contributed by atoms with Crippen LogP contribution in [0.3, 0.4) is 0 Å². The number of amides is 2. The maximum absolute atomic E-state index is 12.2. The smallest absolute Gasteiger partial charge is 0.277 e. The summed E-state index contributed by atoms with van der Waals surface area (Å²) < 4.78 is 0. The second-order valence-electron chi connectivity index (χ2n) is 6.98. The molecule has 1 atom stereocenters. The van der Waals surface area contributed by atoms with E-state index < -0.39 is 0 Å². The Morgan fingerprint density at radius 2 is 1.84 bits per heavy atom. The SMILES string of the molecule is CCCCc1ccc([C@@H]([NH2+]CC(=O)N(C)CC(=O)NC)C(C)C)cc1. The van der Waals surface area contributed by atoms with Gasteiger partial charge in [-0.25, -0.2) is 0 Å². The molecule has 1 aromatic carbocycles. The zero-order valence-electron chi connectivity index (χ0n) is 16.3. The molecule has 5 nitrogen and oxygen atoms in total. The van der Waals surface area contributed by atoms with Gasteiger partial charge in [0.15, 0.2) is 6.54 Å². The summed E-state index contributed by atoms with van der Waals surface area (Å²) in [4.78, 5) is 25.1. The zero-order chi connectivity index (χ0) is 18.8. The first-order valence-corrected chi connectivity index (χ1v) is 9.25. The maximum atomic E-state index is 12.2. The fraction of sp³-hybridized carbons (Fsp3) is 0.600. The van der Waals surface area contributed by atoms with Gasteiger partial charge in [-0.1, -0.05) is 51.5 Å². The molecule has 140 valence electrons. The molecule has 25 heavy (non-hydrogen) atoms. The Hall–Kier alpha value is -1.88. The Balaban J connectivity index is 2.65. The van der Waals surface area contributed by atoms with Gasteiger partial charge in [0, 0.05) is 25.6 Å². The van der Waals surface area contributed by atoms with Crippen molar-refractivity contribution in [3.05, 3.63) is 35.4 Å². The quantitative estimate of drug-likeness (QED) is 0.673. The van der Waals surface area contributed by atoms with Crippen molar-refractivity contribution in [1.82, 2.24) is 10.2 Å². The van der Waals surface area contributed by atoms with Crippen LogP contribution < -0.4 is 10.6 Å². The highest BCUT2D eigenvalue weighted by Crippen LogP contribution is 2.18. The number of unbranched alkanes of at least 4 members (excludes halogenated alkanes) is 1. The summed E-state index contributed by atoms with van der Waals surface area (Å²) >= 11 is 0. The van der Waals surface area contributed by atoms with E-state index in [0.717, 1.165) is 6.42 Å². The summed E-state index contributed by atoms with van der Waals surface area (Å²) in [5.74, 6) is 0.228. The summed E-state index contributed by atoms with van der Waals surface area (Å²) in [7, 11) is 3.24. The van der Waals surface area contributed by atoms with Crippen molar-refractivity contribution < 1.29 is 14.9 Å². The van der Waals surface area contributed by atoms with E-state index in [9.17, 15) is 9.59 Å². The monoisotopic (exact) mass is 348 g/mol. The molecule has 0 heterocycles. The minimum absolute atomic E-state index is 0.0335. The molecular formula is C20H34N3O2+. The fourth-order valence-electron chi connectivity index (χ4n) is 2.85. The lowest BCUT2D eigenvalue weighted by Crippen LogP contribution is -2.88. The third-order valence-electron chi connectivity index (χ3n) is 4.53. The largest absolute Gasteiger partial charge is 0.358 e. The molecule has 5 heteroatoms. The van der Waals surface area contributed by atoms with Crippen LogP contribution in [0.15, 0.2) is 24.3 Å². The number of hydrogen-bond donors (Lipinski definition) is 2. The van der Waals surface area contributed by atoms with Gasteiger partial charge >= 0.3 is 0 Å². The third-order valence-corrected chi connectivity index (χ3v) is 4.53. The number of rotatable bonds is 10.